The van der Waals surface area contributed by atoms with Crippen molar-refractivity contribution in [1.29, 1.82) is 0 Å². The van der Waals surface area contributed by atoms with Gasteiger partial charge in [0.2, 0.25) is 5.91 Å². The van der Waals surface area contributed by atoms with Crippen molar-refractivity contribution in [2.24, 2.45) is 5.92 Å². The second-order valence-corrected chi connectivity index (χ2v) is 5.83. The molecule has 1 N–H and O–H groups in total. The summed E-state index contributed by atoms with van der Waals surface area (Å²) < 4.78 is 0. The van der Waals surface area contributed by atoms with E-state index in [0.717, 1.165) is 51.6 Å². The van der Waals surface area contributed by atoms with E-state index >= 15 is 0 Å². The average molecular weight is 291 g/mol. The highest BCUT2D eigenvalue weighted by Gasteiger charge is 2.34. The molecule has 2 aliphatic rings. The normalized spacial score (nSPS) is 18.8. The van der Waals surface area contributed by atoms with Crippen LogP contribution in [-0.4, -0.2) is 54.5 Å². The van der Waals surface area contributed by atoms with Gasteiger partial charge in [-0.1, -0.05) is 0 Å². The highest BCUT2D eigenvalue weighted by Crippen LogP contribution is 2.31. The van der Waals surface area contributed by atoms with Gasteiger partial charge in [-0.25, -0.2) is 4.79 Å². The molecule has 0 atom stereocenters. The van der Waals surface area contributed by atoms with Crippen LogP contribution in [0.15, 0.2) is 0 Å². The first-order valence-corrected chi connectivity index (χ1v) is 7.97. The van der Waals surface area contributed by atoms with E-state index in [1.165, 1.54) is 0 Å². The number of nitrogens with one attached hydrogen (secondary N) is 1. The van der Waals surface area contributed by atoms with Gasteiger partial charge in [-0.05, 0) is 32.1 Å². The van der Waals surface area contributed by atoms with Crippen LogP contribution >= 0.6 is 0 Å². The number of terminal acetylenes is 1. The van der Waals surface area contributed by atoms with Crippen LogP contribution in [0.3, 0.4) is 0 Å². The third-order valence-corrected chi connectivity index (χ3v) is 4.05. The van der Waals surface area contributed by atoms with Gasteiger partial charge in [-0.15, -0.1) is 12.3 Å². The third-order valence-electron chi connectivity index (χ3n) is 4.05. The van der Waals surface area contributed by atoms with E-state index in [9.17, 15) is 9.59 Å². The lowest BCUT2D eigenvalue weighted by Gasteiger charge is -2.22. The number of carbonyl (C=O) groups excluding carboxylic acids is 2. The van der Waals surface area contributed by atoms with E-state index in [1.54, 1.807) is 0 Å². The molecule has 0 aromatic heterocycles. The van der Waals surface area contributed by atoms with E-state index in [2.05, 4.69) is 11.2 Å². The first-order valence-electron chi connectivity index (χ1n) is 7.97. The predicted molar refractivity (Wildman–Crippen MR) is 81.6 cm³/mol. The minimum atomic E-state index is -0.0172. The molecule has 21 heavy (non-hydrogen) atoms. The molecule has 2 fully saturated rings. The van der Waals surface area contributed by atoms with Crippen LogP contribution in [-0.2, 0) is 4.79 Å². The van der Waals surface area contributed by atoms with Crippen molar-refractivity contribution in [1.82, 2.24) is 15.1 Å². The minimum absolute atomic E-state index is 0.0172. The largest absolute Gasteiger partial charge is 0.341 e. The lowest BCUT2D eigenvalue weighted by Crippen LogP contribution is -2.43. The molecule has 0 aromatic carbocycles. The molecule has 0 bridgehead atoms. The molecule has 1 saturated carbocycles. The molecule has 5 nitrogen and oxygen atoms in total. The van der Waals surface area contributed by atoms with Crippen LogP contribution in [0.4, 0.5) is 4.79 Å². The topological polar surface area (TPSA) is 52.7 Å². The van der Waals surface area contributed by atoms with E-state index < -0.39 is 0 Å². The zero-order valence-electron chi connectivity index (χ0n) is 12.6. The number of carbonyl (C=O) groups is 2. The summed E-state index contributed by atoms with van der Waals surface area (Å²) in [4.78, 5) is 27.9. The van der Waals surface area contributed by atoms with Crippen LogP contribution in [0, 0.1) is 18.3 Å². The number of unbranched alkanes of at least 4 members (excludes halogenated alkanes) is 2. The fourth-order valence-electron chi connectivity index (χ4n) is 2.59. The van der Waals surface area contributed by atoms with Crippen molar-refractivity contribution >= 4 is 11.9 Å². The second-order valence-electron chi connectivity index (χ2n) is 5.83. The Morgan fingerprint density at radius 1 is 1.10 bits per heavy atom. The molecule has 0 spiro atoms. The van der Waals surface area contributed by atoms with Gasteiger partial charge in [0.05, 0.1) is 0 Å². The lowest BCUT2D eigenvalue weighted by atomic mass is 10.2. The maximum absolute atomic E-state index is 12.1. The van der Waals surface area contributed by atoms with Gasteiger partial charge in [0, 0.05) is 45.1 Å². The van der Waals surface area contributed by atoms with Gasteiger partial charge in [-0.3, -0.25) is 4.79 Å². The van der Waals surface area contributed by atoms with Gasteiger partial charge in [-0.2, -0.15) is 0 Å². The number of hydrogen-bond donors (Lipinski definition) is 1. The Bertz CT molecular complexity index is 412. The van der Waals surface area contributed by atoms with E-state index in [0.29, 0.717) is 19.6 Å². The zero-order chi connectivity index (χ0) is 15.1. The number of rotatable bonds is 5. The molecule has 1 heterocycles. The van der Waals surface area contributed by atoms with E-state index in [-0.39, 0.29) is 17.9 Å². The van der Waals surface area contributed by atoms with Crippen LogP contribution in [0.2, 0.25) is 0 Å². The number of amides is 3. The predicted octanol–water partition coefficient (Wildman–Crippen LogP) is 1.44. The fraction of sp³-hybridized carbons (Fsp3) is 0.750. The smallest absolute Gasteiger partial charge is 0.317 e. The summed E-state index contributed by atoms with van der Waals surface area (Å²) in [6, 6.07) is -0.0172. The van der Waals surface area contributed by atoms with Gasteiger partial charge in [0.15, 0.2) is 0 Å². The van der Waals surface area contributed by atoms with Crippen molar-refractivity contribution in [2.75, 3.05) is 32.7 Å². The van der Waals surface area contributed by atoms with E-state index in [4.69, 9.17) is 6.42 Å². The first-order chi connectivity index (χ1) is 10.2. The Kier molecular flexibility index (Phi) is 5.91. The second kappa shape index (κ2) is 7.92. The van der Waals surface area contributed by atoms with Crippen molar-refractivity contribution in [3.8, 4) is 12.3 Å². The Balaban J connectivity index is 1.68. The highest BCUT2D eigenvalue weighted by atomic mass is 16.2. The molecule has 5 heteroatoms. The fourth-order valence-corrected chi connectivity index (χ4v) is 2.59. The number of nitrogens with zero attached hydrogens (tertiary/aromatic N) is 2. The van der Waals surface area contributed by atoms with Crippen molar-refractivity contribution in [2.45, 2.75) is 38.5 Å². The number of urea groups is 1. The number of hydrogen-bond acceptors (Lipinski definition) is 2. The average Bonchev–Trinajstić information content (AvgIpc) is 3.32. The lowest BCUT2D eigenvalue weighted by molar-refractivity contribution is -0.132. The Hall–Kier alpha value is -1.70. The molecule has 0 aromatic rings. The highest BCUT2D eigenvalue weighted by molar-refractivity contribution is 5.81. The molecule has 1 aliphatic carbocycles. The molecular weight excluding hydrogens is 266 g/mol. The van der Waals surface area contributed by atoms with Crippen LogP contribution < -0.4 is 5.32 Å². The molecule has 1 aliphatic heterocycles. The Morgan fingerprint density at radius 3 is 2.52 bits per heavy atom. The van der Waals surface area contributed by atoms with Crippen molar-refractivity contribution in [3.05, 3.63) is 0 Å². The summed E-state index contributed by atoms with van der Waals surface area (Å²) in [5.41, 5.74) is 0. The summed E-state index contributed by atoms with van der Waals surface area (Å²) >= 11 is 0. The molecule has 0 radical (unpaired) electrons. The third kappa shape index (κ3) is 4.96. The molecule has 116 valence electrons. The molecular formula is C16H25N3O2. The monoisotopic (exact) mass is 291 g/mol. The summed E-state index contributed by atoms with van der Waals surface area (Å²) in [6.45, 7) is 3.47. The van der Waals surface area contributed by atoms with Gasteiger partial charge >= 0.3 is 6.03 Å². The van der Waals surface area contributed by atoms with Gasteiger partial charge in [0.1, 0.15) is 0 Å². The van der Waals surface area contributed by atoms with Crippen LogP contribution in [0.5, 0.6) is 0 Å². The summed E-state index contributed by atoms with van der Waals surface area (Å²) in [7, 11) is 0. The van der Waals surface area contributed by atoms with Gasteiger partial charge in [0.25, 0.3) is 0 Å². The van der Waals surface area contributed by atoms with Crippen molar-refractivity contribution in [3.63, 3.8) is 0 Å². The standard InChI is InChI=1S/C16H25N3O2/c1-2-3-4-5-9-17-16(21)19-11-6-10-18(12-13-19)15(20)14-7-8-14/h1,14H,3-13H2,(H,17,21). The van der Waals surface area contributed by atoms with Crippen LogP contribution in [0.1, 0.15) is 38.5 Å². The summed E-state index contributed by atoms with van der Waals surface area (Å²) in [6.07, 6.45) is 10.8. The maximum Gasteiger partial charge on any atom is 0.317 e. The summed E-state index contributed by atoms with van der Waals surface area (Å²) in [5.74, 6) is 3.15. The quantitative estimate of drug-likeness (QED) is 0.615. The van der Waals surface area contributed by atoms with Crippen molar-refractivity contribution < 1.29 is 9.59 Å². The Labute approximate surface area is 127 Å². The SMILES string of the molecule is C#CCCCCNC(=O)N1CCCN(C(=O)C2CC2)CC1. The molecule has 3 amide bonds. The molecule has 0 unspecified atom stereocenters. The first kappa shape index (κ1) is 15.7. The van der Waals surface area contributed by atoms with E-state index in [1.807, 2.05) is 9.80 Å². The van der Waals surface area contributed by atoms with Crippen LogP contribution in [0.25, 0.3) is 0 Å². The van der Waals surface area contributed by atoms with Gasteiger partial charge < -0.3 is 15.1 Å². The molecule has 2 rings (SSSR count). The zero-order valence-corrected chi connectivity index (χ0v) is 12.6. The molecule has 1 saturated heterocycles. The Morgan fingerprint density at radius 2 is 1.81 bits per heavy atom. The maximum atomic E-state index is 12.1. The summed E-state index contributed by atoms with van der Waals surface area (Å²) in [5, 5.41) is 2.93. The minimum Gasteiger partial charge on any atom is -0.341 e.